The van der Waals surface area contributed by atoms with Crippen LogP contribution in [0, 0.1) is 0 Å². The van der Waals surface area contributed by atoms with Crippen LogP contribution in [0.25, 0.3) is 6.08 Å². The van der Waals surface area contributed by atoms with Crippen LogP contribution in [-0.2, 0) is 27.5 Å². The Morgan fingerprint density at radius 3 is 2.14 bits per heavy atom. The zero-order valence-electron chi connectivity index (χ0n) is 20.0. The Morgan fingerprint density at radius 2 is 1.51 bits per heavy atom. The number of allylic oxidation sites excluding steroid dienone is 1. The SMILES string of the molecule is COC(=O)C1=C(C)N(Cc2ccc(OC)cc2)C(=O)/C1=C\c1ccc(OCc2ccccc2)cc1. The maximum atomic E-state index is 13.4. The molecule has 0 spiro atoms. The van der Waals surface area contributed by atoms with E-state index >= 15 is 0 Å². The van der Waals surface area contributed by atoms with E-state index in [1.807, 2.05) is 78.9 Å². The van der Waals surface area contributed by atoms with E-state index in [1.54, 1.807) is 25.0 Å². The minimum atomic E-state index is -0.540. The summed E-state index contributed by atoms with van der Waals surface area (Å²) in [6, 6.07) is 24.8. The van der Waals surface area contributed by atoms with Crippen molar-refractivity contribution in [1.82, 2.24) is 4.90 Å². The van der Waals surface area contributed by atoms with Crippen LogP contribution in [0.15, 0.2) is 95.7 Å². The van der Waals surface area contributed by atoms with Crippen molar-refractivity contribution in [2.75, 3.05) is 14.2 Å². The monoisotopic (exact) mass is 469 g/mol. The van der Waals surface area contributed by atoms with Gasteiger partial charge in [-0.2, -0.15) is 0 Å². The van der Waals surface area contributed by atoms with Gasteiger partial charge in [0.25, 0.3) is 5.91 Å². The third-order valence-electron chi connectivity index (χ3n) is 5.84. The van der Waals surface area contributed by atoms with Gasteiger partial charge in [0.2, 0.25) is 0 Å². The molecular formula is C29H27NO5. The minimum absolute atomic E-state index is 0.247. The van der Waals surface area contributed by atoms with Crippen LogP contribution in [0.3, 0.4) is 0 Å². The standard InChI is InChI=1S/C29H27NO5/c1-20-27(29(32)34-3)26(28(31)30(20)18-22-11-13-24(33-2)14-12-22)17-21-9-15-25(16-10-21)35-19-23-7-5-4-6-8-23/h4-17H,18-19H2,1-3H3/b26-17-. The molecule has 0 aliphatic carbocycles. The number of carbonyl (C=O) groups excluding carboxylic acids is 2. The van der Waals surface area contributed by atoms with E-state index in [2.05, 4.69) is 0 Å². The van der Waals surface area contributed by atoms with Crippen LogP contribution in [0.4, 0.5) is 0 Å². The normalized spacial score (nSPS) is 14.4. The molecule has 0 N–H and O–H groups in total. The largest absolute Gasteiger partial charge is 0.497 e. The van der Waals surface area contributed by atoms with Crippen molar-refractivity contribution >= 4 is 18.0 Å². The van der Waals surface area contributed by atoms with Gasteiger partial charge < -0.3 is 19.1 Å². The summed E-state index contributed by atoms with van der Waals surface area (Å²) in [4.78, 5) is 27.5. The molecule has 0 aromatic heterocycles. The molecule has 0 atom stereocenters. The van der Waals surface area contributed by atoms with Gasteiger partial charge in [0.15, 0.2) is 0 Å². The third kappa shape index (κ3) is 5.44. The van der Waals surface area contributed by atoms with Crippen LogP contribution in [0.1, 0.15) is 23.6 Å². The van der Waals surface area contributed by atoms with Gasteiger partial charge >= 0.3 is 5.97 Å². The molecule has 4 rings (SSSR count). The molecule has 1 amide bonds. The van der Waals surface area contributed by atoms with Crippen LogP contribution >= 0.6 is 0 Å². The number of nitrogens with zero attached hydrogens (tertiary/aromatic N) is 1. The lowest BCUT2D eigenvalue weighted by atomic mass is 10.0. The fourth-order valence-electron chi connectivity index (χ4n) is 3.90. The Morgan fingerprint density at radius 1 is 0.857 bits per heavy atom. The summed E-state index contributed by atoms with van der Waals surface area (Å²) in [5, 5.41) is 0. The number of hydrogen-bond donors (Lipinski definition) is 0. The highest BCUT2D eigenvalue weighted by Crippen LogP contribution is 2.33. The average Bonchev–Trinajstić information content (AvgIpc) is 3.13. The predicted octanol–water partition coefficient (Wildman–Crippen LogP) is 5.15. The molecular weight excluding hydrogens is 442 g/mol. The quantitative estimate of drug-likeness (QED) is 0.337. The molecule has 178 valence electrons. The van der Waals surface area contributed by atoms with Gasteiger partial charge in [-0.05, 0) is 54.0 Å². The number of rotatable bonds is 8. The number of ether oxygens (including phenoxy) is 3. The van der Waals surface area contributed by atoms with Gasteiger partial charge in [-0.1, -0.05) is 54.6 Å². The average molecular weight is 470 g/mol. The van der Waals surface area contributed by atoms with E-state index in [0.717, 1.165) is 28.2 Å². The number of esters is 1. The van der Waals surface area contributed by atoms with E-state index in [9.17, 15) is 9.59 Å². The molecule has 0 unspecified atom stereocenters. The van der Waals surface area contributed by atoms with Crippen molar-refractivity contribution in [3.05, 3.63) is 112 Å². The van der Waals surface area contributed by atoms with E-state index in [1.165, 1.54) is 7.11 Å². The molecule has 6 heteroatoms. The summed E-state index contributed by atoms with van der Waals surface area (Å²) in [6.45, 7) is 2.56. The molecule has 0 saturated heterocycles. The second-order valence-corrected chi connectivity index (χ2v) is 8.09. The van der Waals surface area contributed by atoms with Crippen LogP contribution in [-0.4, -0.2) is 31.0 Å². The number of benzene rings is 3. The van der Waals surface area contributed by atoms with E-state index < -0.39 is 5.97 Å². The summed E-state index contributed by atoms with van der Waals surface area (Å²) in [6.07, 6.45) is 1.72. The molecule has 1 aliphatic rings. The molecule has 0 bridgehead atoms. The van der Waals surface area contributed by atoms with E-state index in [-0.39, 0.29) is 11.5 Å². The highest BCUT2D eigenvalue weighted by Gasteiger charge is 2.36. The lowest BCUT2D eigenvalue weighted by molar-refractivity contribution is -0.136. The lowest BCUT2D eigenvalue weighted by Crippen LogP contribution is -2.24. The highest BCUT2D eigenvalue weighted by molar-refractivity contribution is 6.16. The molecule has 3 aromatic carbocycles. The number of hydrogen-bond acceptors (Lipinski definition) is 5. The first-order chi connectivity index (χ1) is 17.0. The Labute approximate surface area is 205 Å². The molecule has 0 saturated carbocycles. The predicted molar refractivity (Wildman–Crippen MR) is 133 cm³/mol. The molecule has 3 aromatic rings. The Hall–Kier alpha value is -4.32. The van der Waals surface area contributed by atoms with Crippen LogP contribution < -0.4 is 9.47 Å². The molecule has 1 heterocycles. The fraction of sp³-hybridized carbons (Fsp3) is 0.172. The number of carbonyl (C=O) groups is 2. The molecule has 0 radical (unpaired) electrons. The van der Waals surface area contributed by atoms with Crippen LogP contribution in [0.2, 0.25) is 0 Å². The molecule has 1 aliphatic heterocycles. The maximum absolute atomic E-state index is 13.4. The first-order valence-corrected chi connectivity index (χ1v) is 11.2. The van der Waals surface area contributed by atoms with Gasteiger partial charge in [0.05, 0.1) is 31.9 Å². The van der Waals surface area contributed by atoms with Crippen molar-refractivity contribution in [3.63, 3.8) is 0 Å². The van der Waals surface area contributed by atoms with Crippen molar-refractivity contribution < 1.29 is 23.8 Å². The topological polar surface area (TPSA) is 65.1 Å². The second-order valence-electron chi connectivity index (χ2n) is 8.09. The molecule has 0 fully saturated rings. The smallest absolute Gasteiger partial charge is 0.340 e. The second kappa shape index (κ2) is 10.7. The number of amides is 1. The summed E-state index contributed by atoms with van der Waals surface area (Å²) in [7, 11) is 2.92. The van der Waals surface area contributed by atoms with E-state index in [4.69, 9.17) is 14.2 Å². The van der Waals surface area contributed by atoms with Crippen molar-refractivity contribution in [1.29, 1.82) is 0 Å². The minimum Gasteiger partial charge on any atom is -0.497 e. The number of methoxy groups -OCH3 is 2. The zero-order chi connectivity index (χ0) is 24.8. The Bertz CT molecular complexity index is 1260. The van der Waals surface area contributed by atoms with Crippen molar-refractivity contribution in [3.8, 4) is 11.5 Å². The summed E-state index contributed by atoms with van der Waals surface area (Å²) < 4.78 is 16.0. The zero-order valence-corrected chi connectivity index (χ0v) is 20.0. The first-order valence-electron chi connectivity index (χ1n) is 11.2. The van der Waals surface area contributed by atoms with Gasteiger partial charge in [-0.3, -0.25) is 4.79 Å². The van der Waals surface area contributed by atoms with Crippen molar-refractivity contribution in [2.45, 2.75) is 20.1 Å². The van der Waals surface area contributed by atoms with Gasteiger partial charge in [0, 0.05) is 5.70 Å². The molecule has 35 heavy (non-hydrogen) atoms. The van der Waals surface area contributed by atoms with Crippen LogP contribution in [0.5, 0.6) is 11.5 Å². The summed E-state index contributed by atoms with van der Waals surface area (Å²) >= 11 is 0. The third-order valence-corrected chi connectivity index (χ3v) is 5.84. The van der Waals surface area contributed by atoms with Gasteiger partial charge in [-0.25, -0.2) is 4.79 Å². The highest BCUT2D eigenvalue weighted by atomic mass is 16.5. The van der Waals surface area contributed by atoms with E-state index in [0.29, 0.717) is 24.4 Å². The molecule has 6 nitrogen and oxygen atoms in total. The van der Waals surface area contributed by atoms with Gasteiger partial charge in [0.1, 0.15) is 18.1 Å². The summed E-state index contributed by atoms with van der Waals surface area (Å²) in [5.74, 6) is 0.667. The lowest BCUT2D eigenvalue weighted by Gasteiger charge is -2.18. The van der Waals surface area contributed by atoms with Gasteiger partial charge in [-0.15, -0.1) is 0 Å². The Kier molecular flexibility index (Phi) is 7.31. The Balaban J connectivity index is 1.55. The first kappa shape index (κ1) is 23.8. The van der Waals surface area contributed by atoms with Crippen molar-refractivity contribution in [2.24, 2.45) is 0 Å². The summed E-state index contributed by atoms with van der Waals surface area (Å²) in [5.41, 5.74) is 3.92. The fourth-order valence-corrected chi connectivity index (χ4v) is 3.90. The maximum Gasteiger partial charge on any atom is 0.340 e.